The van der Waals surface area contributed by atoms with Crippen molar-refractivity contribution in [3.8, 4) is 22.6 Å². The van der Waals surface area contributed by atoms with Gasteiger partial charge >= 0.3 is 5.97 Å². The lowest BCUT2D eigenvalue weighted by Gasteiger charge is -2.22. The molecule has 0 aliphatic heterocycles. The van der Waals surface area contributed by atoms with Gasteiger partial charge in [0.25, 0.3) is 0 Å². The maximum absolute atomic E-state index is 13.2. The zero-order valence-corrected chi connectivity index (χ0v) is 17.1. The highest BCUT2D eigenvalue weighted by Crippen LogP contribution is 2.37. The SMILES string of the molecule is COc1cccc(C(=O)Oc2ccccc2C(C)(C)C)c1-c1ccccc1C. The van der Waals surface area contributed by atoms with Crippen LogP contribution in [0, 0.1) is 6.92 Å². The number of esters is 1. The van der Waals surface area contributed by atoms with Gasteiger partial charge in [-0.15, -0.1) is 0 Å². The highest BCUT2D eigenvalue weighted by molar-refractivity contribution is 6.00. The molecule has 3 aromatic rings. The first kappa shape index (κ1) is 19.7. The first-order chi connectivity index (χ1) is 13.3. The molecule has 3 nitrogen and oxygen atoms in total. The zero-order valence-electron chi connectivity index (χ0n) is 17.1. The zero-order chi connectivity index (χ0) is 20.3. The molecule has 0 bridgehead atoms. The number of ether oxygens (including phenoxy) is 2. The van der Waals surface area contributed by atoms with Gasteiger partial charge in [-0.25, -0.2) is 4.79 Å². The number of aryl methyl sites for hydroxylation is 1. The molecule has 0 spiro atoms. The molecule has 0 heterocycles. The Hall–Kier alpha value is -3.07. The van der Waals surface area contributed by atoms with Crippen LogP contribution in [-0.4, -0.2) is 13.1 Å². The summed E-state index contributed by atoms with van der Waals surface area (Å²) in [5.41, 5.74) is 4.11. The Bertz CT molecular complexity index is 997. The van der Waals surface area contributed by atoms with Gasteiger partial charge in [0.1, 0.15) is 11.5 Å². The fraction of sp³-hybridized carbons (Fsp3) is 0.240. The van der Waals surface area contributed by atoms with E-state index in [0.29, 0.717) is 17.1 Å². The number of hydrogen-bond donors (Lipinski definition) is 0. The molecule has 0 aromatic heterocycles. The largest absolute Gasteiger partial charge is 0.496 e. The average molecular weight is 374 g/mol. The molecule has 0 unspecified atom stereocenters. The molecular weight excluding hydrogens is 348 g/mol. The minimum Gasteiger partial charge on any atom is -0.496 e. The maximum atomic E-state index is 13.2. The highest BCUT2D eigenvalue weighted by Gasteiger charge is 2.23. The first-order valence-corrected chi connectivity index (χ1v) is 9.37. The third-order valence-corrected chi connectivity index (χ3v) is 4.78. The normalized spacial score (nSPS) is 11.2. The lowest BCUT2D eigenvalue weighted by atomic mass is 9.86. The van der Waals surface area contributed by atoms with Crippen molar-refractivity contribution in [3.63, 3.8) is 0 Å². The number of rotatable bonds is 4. The van der Waals surface area contributed by atoms with Crippen LogP contribution in [0.2, 0.25) is 0 Å². The Morgan fingerprint density at radius 2 is 1.46 bits per heavy atom. The van der Waals surface area contributed by atoms with E-state index in [-0.39, 0.29) is 5.41 Å². The molecule has 0 atom stereocenters. The van der Waals surface area contributed by atoms with E-state index >= 15 is 0 Å². The van der Waals surface area contributed by atoms with Crippen LogP contribution in [-0.2, 0) is 5.41 Å². The molecule has 0 fully saturated rings. The van der Waals surface area contributed by atoms with Gasteiger partial charge in [0.05, 0.1) is 12.7 Å². The second-order valence-electron chi connectivity index (χ2n) is 7.83. The molecule has 0 saturated heterocycles. The van der Waals surface area contributed by atoms with E-state index in [2.05, 4.69) is 20.8 Å². The van der Waals surface area contributed by atoms with Gasteiger partial charge in [0.2, 0.25) is 0 Å². The fourth-order valence-electron chi connectivity index (χ4n) is 3.33. The Morgan fingerprint density at radius 3 is 2.14 bits per heavy atom. The average Bonchev–Trinajstić information content (AvgIpc) is 2.67. The summed E-state index contributed by atoms with van der Waals surface area (Å²) < 4.78 is 11.4. The minimum atomic E-state index is -0.395. The Labute approximate surface area is 166 Å². The van der Waals surface area contributed by atoms with Gasteiger partial charge in [-0.05, 0) is 41.7 Å². The molecule has 28 heavy (non-hydrogen) atoms. The molecule has 0 N–H and O–H groups in total. The summed E-state index contributed by atoms with van der Waals surface area (Å²) in [4.78, 5) is 13.2. The van der Waals surface area contributed by atoms with Crippen molar-refractivity contribution in [2.24, 2.45) is 0 Å². The number of carbonyl (C=O) groups is 1. The van der Waals surface area contributed by atoms with Crippen molar-refractivity contribution < 1.29 is 14.3 Å². The molecule has 0 radical (unpaired) electrons. The third kappa shape index (κ3) is 3.94. The topological polar surface area (TPSA) is 35.5 Å². The van der Waals surface area contributed by atoms with Crippen molar-refractivity contribution in [3.05, 3.63) is 83.4 Å². The summed E-state index contributed by atoms with van der Waals surface area (Å²) >= 11 is 0. The predicted octanol–water partition coefficient (Wildman–Crippen LogP) is 6.19. The van der Waals surface area contributed by atoms with Gasteiger partial charge in [-0.3, -0.25) is 0 Å². The maximum Gasteiger partial charge on any atom is 0.344 e. The number of benzene rings is 3. The molecule has 144 valence electrons. The van der Waals surface area contributed by atoms with Crippen LogP contribution in [0.15, 0.2) is 66.7 Å². The Morgan fingerprint density at radius 1 is 0.821 bits per heavy atom. The van der Waals surface area contributed by atoms with Crippen LogP contribution in [0.3, 0.4) is 0 Å². The Kier molecular flexibility index (Phi) is 5.55. The summed E-state index contributed by atoms with van der Waals surface area (Å²) in [6.07, 6.45) is 0. The van der Waals surface area contributed by atoms with Crippen LogP contribution >= 0.6 is 0 Å². The number of hydrogen-bond acceptors (Lipinski definition) is 3. The van der Waals surface area contributed by atoms with Crippen LogP contribution in [0.25, 0.3) is 11.1 Å². The van der Waals surface area contributed by atoms with E-state index in [1.807, 2.05) is 67.6 Å². The van der Waals surface area contributed by atoms with Crippen molar-refractivity contribution >= 4 is 5.97 Å². The van der Waals surface area contributed by atoms with Crippen LogP contribution in [0.4, 0.5) is 0 Å². The quantitative estimate of drug-likeness (QED) is 0.404. The monoisotopic (exact) mass is 374 g/mol. The molecule has 0 aliphatic carbocycles. The highest BCUT2D eigenvalue weighted by atomic mass is 16.5. The second kappa shape index (κ2) is 7.89. The van der Waals surface area contributed by atoms with E-state index in [0.717, 1.165) is 22.3 Å². The molecular formula is C25H26O3. The van der Waals surface area contributed by atoms with Crippen LogP contribution in [0.1, 0.15) is 42.3 Å². The van der Waals surface area contributed by atoms with E-state index in [1.165, 1.54) is 0 Å². The number of methoxy groups -OCH3 is 1. The molecule has 0 saturated carbocycles. The summed E-state index contributed by atoms with van der Waals surface area (Å²) in [6.45, 7) is 8.32. The van der Waals surface area contributed by atoms with Gasteiger partial charge < -0.3 is 9.47 Å². The first-order valence-electron chi connectivity index (χ1n) is 9.37. The molecule has 0 aliphatic rings. The van der Waals surface area contributed by atoms with E-state index < -0.39 is 5.97 Å². The van der Waals surface area contributed by atoms with Gasteiger partial charge in [-0.1, -0.05) is 69.3 Å². The second-order valence-corrected chi connectivity index (χ2v) is 7.83. The fourth-order valence-corrected chi connectivity index (χ4v) is 3.33. The lowest BCUT2D eigenvalue weighted by molar-refractivity contribution is 0.0732. The summed E-state index contributed by atoms with van der Waals surface area (Å²) in [7, 11) is 1.61. The van der Waals surface area contributed by atoms with Crippen molar-refractivity contribution in [1.82, 2.24) is 0 Å². The van der Waals surface area contributed by atoms with E-state index in [4.69, 9.17) is 9.47 Å². The smallest absolute Gasteiger partial charge is 0.344 e. The molecule has 3 heteroatoms. The van der Waals surface area contributed by atoms with Crippen LogP contribution in [0.5, 0.6) is 11.5 Å². The summed E-state index contributed by atoms with van der Waals surface area (Å²) in [5.74, 6) is 0.834. The number of para-hydroxylation sites is 1. The van der Waals surface area contributed by atoms with Gasteiger partial charge in [-0.2, -0.15) is 0 Å². The molecule has 3 aromatic carbocycles. The predicted molar refractivity (Wildman–Crippen MR) is 113 cm³/mol. The van der Waals surface area contributed by atoms with Gasteiger partial charge in [0, 0.05) is 11.1 Å². The van der Waals surface area contributed by atoms with Crippen molar-refractivity contribution in [2.45, 2.75) is 33.1 Å². The number of carbonyl (C=O) groups excluding carboxylic acids is 1. The standard InChI is InChI=1S/C25H26O3/c1-17-11-6-7-12-18(17)23-19(13-10-16-22(23)27-5)24(26)28-21-15-9-8-14-20(21)25(2,3)4/h6-16H,1-5H3. The molecule has 3 rings (SSSR count). The Balaban J connectivity index is 2.09. The van der Waals surface area contributed by atoms with E-state index in [1.54, 1.807) is 13.2 Å². The lowest BCUT2D eigenvalue weighted by Crippen LogP contribution is -2.17. The summed E-state index contributed by atoms with van der Waals surface area (Å²) in [5, 5.41) is 0. The van der Waals surface area contributed by atoms with Gasteiger partial charge in [0.15, 0.2) is 0 Å². The summed E-state index contributed by atoms with van der Waals surface area (Å²) in [6, 6.07) is 21.1. The minimum absolute atomic E-state index is 0.135. The third-order valence-electron chi connectivity index (χ3n) is 4.78. The van der Waals surface area contributed by atoms with Crippen molar-refractivity contribution in [2.75, 3.05) is 7.11 Å². The van der Waals surface area contributed by atoms with E-state index in [9.17, 15) is 4.79 Å². The van der Waals surface area contributed by atoms with Crippen molar-refractivity contribution in [1.29, 1.82) is 0 Å². The van der Waals surface area contributed by atoms with Crippen LogP contribution < -0.4 is 9.47 Å². The molecule has 0 amide bonds.